The first-order valence-corrected chi connectivity index (χ1v) is 7.21. The molecule has 1 aliphatic rings. The number of methoxy groups -OCH3 is 1. The van der Waals surface area contributed by atoms with Crippen LogP contribution in [-0.4, -0.2) is 28.1 Å². The van der Waals surface area contributed by atoms with Gasteiger partial charge in [-0.05, 0) is 41.6 Å². The first-order valence-electron chi connectivity index (χ1n) is 7.21. The number of fused-ring (bicyclic) bond motifs is 1. The highest BCUT2D eigenvalue weighted by molar-refractivity contribution is 5.94. The summed E-state index contributed by atoms with van der Waals surface area (Å²) >= 11 is 0. The average Bonchev–Trinajstić information content (AvgIpc) is 3.05. The van der Waals surface area contributed by atoms with Crippen LogP contribution in [0.15, 0.2) is 59.7 Å². The second-order valence-corrected chi connectivity index (χ2v) is 5.06. The zero-order valence-corrected chi connectivity index (χ0v) is 12.5. The van der Waals surface area contributed by atoms with Crippen LogP contribution in [0.3, 0.4) is 0 Å². The van der Waals surface area contributed by atoms with E-state index in [0.717, 1.165) is 28.3 Å². The van der Waals surface area contributed by atoms with Crippen LogP contribution < -0.4 is 4.74 Å². The number of benzene rings is 2. The summed E-state index contributed by atoms with van der Waals surface area (Å²) in [6.45, 7) is 0.377. The van der Waals surface area contributed by atoms with E-state index in [1.807, 2.05) is 54.6 Å². The SMILES string of the molecule is COc1ccc(-c2nnn3c2COC(c2ccccc2)=N3)cc1. The highest BCUT2D eigenvalue weighted by Gasteiger charge is 2.21. The van der Waals surface area contributed by atoms with Gasteiger partial charge in [0.05, 0.1) is 7.11 Å². The van der Waals surface area contributed by atoms with Gasteiger partial charge < -0.3 is 9.47 Å². The molecule has 23 heavy (non-hydrogen) atoms. The molecule has 1 aromatic heterocycles. The molecule has 0 saturated heterocycles. The fraction of sp³-hybridized carbons (Fsp3) is 0.118. The molecule has 0 radical (unpaired) electrons. The maximum atomic E-state index is 5.78. The molecule has 0 amide bonds. The Balaban J connectivity index is 1.70. The molecule has 0 bridgehead atoms. The molecule has 1 aliphatic heterocycles. The van der Waals surface area contributed by atoms with Crippen molar-refractivity contribution in [2.45, 2.75) is 6.61 Å². The van der Waals surface area contributed by atoms with E-state index < -0.39 is 0 Å². The molecular weight excluding hydrogens is 292 g/mol. The summed E-state index contributed by atoms with van der Waals surface area (Å²) in [6, 6.07) is 17.4. The third-order valence-electron chi connectivity index (χ3n) is 3.66. The smallest absolute Gasteiger partial charge is 0.241 e. The first-order chi connectivity index (χ1) is 11.3. The molecule has 6 heteroatoms. The minimum atomic E-state index is 0.377. The van der Waals surface area contributed by atoms with E-state index in [2.05, 4.69) is 15.4 Å². The van der Waals surface area contributed by atoms with E-state index in [4.69, 9.17) is 9.47 Å². The Morgan fingerprint density at radius 3 is 2.52 bits per heavy atom. The summed E-state index contributed by atoms with van der Waals surface area (Å²) < 4.78 is 11.0. The average molecular weight is 306 g/mol. The van der Waals surface area contributed by atoms with Gasteiger partial charge in [-0.1, -0.05) is 18.2 Å². The Morgan fingerprint density at radius 1 is 1.00 bits per heavy atom. The van der Waals surface area contributed by atoms with Gasteiger partial charge in [0, 0.05) is 11.1 Å². The van der Waals surface area contributed by atoms with Crippen LogP contribution in [0.5, 0.6) is 5.75 Å². The topological polar surface area (TPSA) is 61.5 Å². The van der Waals surface area contributed by atoms with E-state index in [0.29, 0.717) is 12.5 Å². The number of hydrogen-bond acceptors (Lipinski definition) is 5. The minimum Gasteiger partial charge on any atom is -0.497 e. The molecule has 6 nitrogen and oxygen atoms in total. The van der Waals surface area contributed by atoms with Crippen molar-refractivity contribution in [3.8, 4) is 17.0 Å². The molecule has 0 N–H and O–H groups in total. The second-order valence-electron chi connectivity index (χ2n) is 5.06. The van der Waals surface area contributed by atoms with E-state index in [1.54, 1.807) is 7.11 Å². The summed E-state index contributed by atoms with van der Waals surface area (Å²) in [5.41, 5.74) is 3.46. The van der Waals surface area contributed by atoms with Crippen molar-refractivity contribution < 1.29 is 9.47 Å². The van der Waals surface area contributed by atoms with Crippen LogP contribution in [0.25, 0.3) is 11.3 Å². The Morgan fingerprint density at radius 2 is 1.78 bits per heavy atom. The summed E-state index contributed by atoms with van der Waals surface area (Å²) in [7, 11) is 1.64. The van der Waals surface area contributed by atoms with Crippen molar-refractivity contribution in [1.82, 2.24) is 15.1 Å². The van der Waals surface area contributed by atoms with Crippen molar-refractivity contribution in [3.63, 3.8) is 0 Å². The minimum absolute atomic E-state index is 0.377. The van der Waals surface area contributed by atoms with Crippen LogP contribution in [0.1, 0.15) is 11.3 Å². The Hall–Kier alpha value is -3.15. The molecule has 0 fully saturated rings. The van der Waals surface area contributed by atoms with Gasteiger partial charge in [0.2, 0.25) is 5.90 Å². The summed E-state index contributed by atoms with van der Waals surface area (Å²) in [5.74, 6) is 1.35. The summed E-state index contributed by atoms with van der Waals surface area (Å²) in [6.07, 6.45) is 0. The lowest BCUT2D eigenvalue weighted by atomic mass is 10.1. The van der Waals surface area contributed by atoms with Gasteiger partial charge in [-0.25, -0.2) is 0 Å². The van der Waals surface area contributed by atoms with Crippen molar-refractivity contribution >= 4 is 5.90 Å². The van der Waals surface area contributed by atoms with Crippen molar-refractivity contribution in [1.29, 1.82) is 0 Å². The standard InChI is InChI=1S/C17H14N4O2/c1-22-14-9-7-12(8-10-14)16-15-11-23-17(19-21(15)20-18-16)13-5-3-2-4-6-13/h2-10H,11H2,1H3. The fourth-order valence-electron chi connectivity index (χ4n) is 2.45. The number of aromatic nitrogens is 3. The maximum Gasteiger partial charge on any atom is 0.241 e. The van der Waals surface area contributed by atoms with Gasteiger partial charge in [-0.3, -0.25) is 0 Å². The second kappa shape index (κ2) is 5.57. The van der Waals surface area contributed by atoms with E-state index >= 15 is 0 Å². The van der Waals surface area contributed by atoms with Crippen molar-refractivity contribution in [2.75, 3.05) is 7.11 Å². The highest BCUT2D eigenvalue weighted by Crippen LogP contribution is 2.26. The Labute approximate surface area is 133 Å². The highest BCUT2D eigenvalue weighted by atomic mass is 16.5. The van der Waals surface area contributed by atoms with Crippen molar-refractivity contribution in [3.05, 3.63) is 65.9 Å². The Kier molecular flexibility index (Phi) is 3.27. The number of hydrogen-bond donors (Lipinski definition) is 0. The van der Waals surface area contributed by atoms with Crippen LogP contribution in [0.4, 0.5) is 0 Å². The fourth-order valence-corrected chi connectivity index (χ4v) is 2.45. The van der Waals surface area contributed by atoms with Gasteiger partial charge in [-0.15, -0.1) is 15.0 Å². The third kappa shape index (κ3) is 2.44. The number of nitrogens with zero attached hydrogens (tertiary/aromatic N) is 4. The lowest BCUT2D eigenvalue weighted by Gasteiger charge is -2.15. The maximum absolute atomic E-state index is 5.78. The predicted octanol–water partition coefficient (Wildman–Crippen LogP) is 2.69. The van der Waals surface area contributed by atoms with Crippen LogP contribution >= 0.6 is 0 Å². The molecule has 0 saturated carbocycles. The van der Waals surface area contributed by atoms with Gasteiger partial charge in [0.15, 0.2) is 0 Å². The molecule has 4 rings (SSSR count). The first kappa shape index (κ1) is 13.5. The number of rotatable bonds is 3. The predicted molar refractivity (Wildman–Crippen MR) is 85.2 cm³/mol. The van der Waals surface area contributed by atoms with E-state index in [9.17, 15) is 0 Å². The van der Waals surface area contributed by atoms with Gasteiger partial charge in [0.25, 0.3) is 0 Å². The zero-order chi connectivity index (χ0) is 15.6. The van der Waals surface area contributed by atoms with Gasteiger partial charge in [0.1, 0.15) is 23.7 Å². The molecular formula is C17H14N4O2. The zero-order valence-electron chi connectivity index (χ0n) is 12.5. The lowest BCUT2D eigenvalue weighted by molar-refractivity contribution is 0.261. The van der Waals surface area contributed by atoms with Gasteiger partial charge in [-0.2, -0.15) is 0 Å². The van der Waals surface area contributed by atoms with Crippen LogP contribution in [0.2, 0.25) is 0 Å². The molecule has 114 valence electrons. The Bertz CT molecular complexity index is 854. The third-order valence-corrected chi connectivity index (χ3v) is 3.66. The quantitative estimate of drug-likeness (QED) is 0.746. The normalized spacial score (nSPS) is 13.0. The van der Waals surface area contributed by atoms with Crippen molar-refractivity contribution in [2.24, 2.45) is 5.10 Å². The van der Waals surface area contributed by atoms with Crippen LogP contribution in [-0.2, 0) is 11.3 Å². The van der Waals surface area contributed by atoms with E-state index in [1.165, 1.54) is 4.79 Å². The monoisotopic (exact) mass is 306 g/mol. The molecule has 0 spiro atoms. The molecule has 0 aliphatic carbocycles. The molecule has 2 heterocycles. The summed E-state index contributed by atoms with van der Waals surface area (Å²) in [4.78, 5) is 1.53. The lowest BCUT2D eigenvalue weighted by Crippen LogP contribution is -2.17. The van der Waals surface area contributed by atoms with E-state index in [-0.39, 0.29) is 0 Å². The van der Waals surface area contributed by atoms with Crippen LogP contribution in [0, 0.1) is 0 Å². The molecule has 3 aromatic rings. The molecule has 0 atom stereocenters. The number of ether oxygens (including phenoxy) is 2. The largest absolute Gasteiger partial charge is 0.497 e. The molecule has 0 unspecified atom stereocenters. The van der Waals surface area contributed by atoms with Gasteiger partial charge >= 0.3 is 0 Å². The molecule has 2 aromatic carbocycles. The summed E-state index contributed by atoms with van der Waals surface area (Å²) in [5, 5.41) is 12.8.